The summed E-state index contributed by atoms with van der Waals surface area (Å²) in [5, 5.41) is 3.24. The van der Waals surface area contributed by atoms with Crippen molar-refractivity contribution in [2.75, 3.05) is 11.1 Å². The second-order valence-corrected chi connectivity index (χ2v) is 8.94. The number of carbonyl (C=O) groups is 1. The van der Waals surface area contributed by atoms with E-state index in [1.54, 1.807) is 13.1 Å². The van der Waals surface area contributed by atoms with Gasteiger partial charge in [-0.25, -0.2) is 19.2 Å². The van der Waals surface area contributed by atoms with Crippen LogP contribution in [-0.2, 0) is 18.9 Å². The number of aryl methyl sites for hydroxylation is 1. The monoisotopic (exact) mass is 457 g/mol. The minimum atomic E-state index is -0.494. The van der Waals surface area contributed by atoms with E-state index in [1.807, 2.05) is 0 Å². The summed E-state index contributed by atoms with van der Waals surface area (Å²) in [6.07, 6.45) is 5.24. The number of rotatable bonds is 5. The number of carbonyl (C=O) groups excluding carboxylic acids is 1. The van der Waals surface area contributed by atoms with E-state index in [4.69, 9.17) is 0 Å². The third-order valence-corrected chi connectivity index (χ3v) is 6.68. The number of thioether (sulfide) groups is 1. The molecule has 8 nitrogen and oxygen atoms in total. The molecule has 1 aliphatic carbocycles. The molecule has 1 saturated carbocycles. The molecule has 1 amide bonds. The second-order valence-electron chi connectivity index (χ2n) is 7.97. The molecule has 1 aliphatic rings. The number of amides is 1. The first-order valence-corrected chi connectivity index (χ1v) is 11.5. The SMILES string of the molecule is Cn1c(=O)c2c(SCC(=O)Nc3cccc(F)c3)nc(C3CCCCC3)nc2n(C)c1=O. The molecular formula is C22H24FN5O3S. The molecule has 0 bridgehead atoms. The van der Waals surface area contributed by atoms with Gasteiger partial charge in [-0.1, -0.05) is 37.1 Å². The average molecular weight is 458 g/mol. The van der Waals surface area contributed by atoms with E-state index in [0.717, 1.165) is 42.0 Å². The maximum Gasteiger partial charge on any atom is 0.332 e. The quantitative estimate of drug-likeness (QED) is 0.467. The van der Waals surface area contributed by atoms with Crippen molar-refractivity contribution in [2.45, 2.75) is 43.0 Å². The van der Waals surface area contributed by atoms with Crippen LogP contribution in [0.15, 0.2) is 38.9 Å². The Bertz CT molecular complexity index is 1300. The number of hydrogen-bond donors (Lipinski definition) is 1. The Kier molecular flexibility index (Phi) is 6.40. The zero-order valence-corrected chi connectivity index (χ0v) is 18.7. The van der Waals surface area contributed by atoms with Crippen molar-refractivity contribution in [3.8, 4) is 0 Å². The molecule has 3 aromatic rings. The molecule has 2 aromatic heterocycles. The molecule has 0 spiro atoms. The fraction of sp³-hybridized carbons (Fsp3) is 0.409. The van der Waals surface area contributed by atoms with E-state index in [2.05, 4.69) is 15.3 Å². The molecule has 0 unspecified atom stereocenters. The molecular weight excluding hydrogens is 433 g/mol. The maximum atomic E-state index is 13.4. The fourth-order valence-electron chi connectivity index (χ4n) is 3.99. The Morgan fingerprint density at radius 3 is 2.62 bits per heavy atom. The predicted molar refractivity (Wildman–Crippen MR) is 122 cm³/mol. The number of benzene rings is 1. The molecule has 0 atom stereocenters. The van der Waals surface area contributed by atoms with Gasteiger partial charge < -0.3 is 5.32 Å². The van der Waals surface area contributed by atoms with Crippen molar-refractivity contribution < 1.29 is 9.18 Å². The third-order valence-electron chi connectivity index (χ3n) is 5.70. The third kappa shape index (κ3) is 4.45. The van der Waals surface area contributed by atoms with E-state index in [0.29, 0.717) is 16.5 Å². The van der Waals surface area contributed by atoms with Crippen LogP contribution < -0.4 is 16.6 Å². The Morgan fingerprint density at radius 2 is 1.91 bits per heavy atom. The summed E-state index contributed by atoms with van der Waals surface area (Å²) < 4.78 is 15.7. The molecule has 1 N–H and O–H groups in total. The highest BCUT2D eigenvalue weighted by Gasteiger charge is 2.23. The fourth-order valence-corrected chi connectivity index (χ4v) is 4.81. The Hall–Kier alpha value is -3.01. The van der Waals surface area contributed by atoms with Gasteiger partial charge in [0.25, 0.3) is 5.56 Å². The number of nitrogens with zero attached hydrogens (tertiary/aromatic N) is 4. The van der Waals surface area contributed by atoms with Crippen molar-refractivity contribution >= 4 is 34.4 Å². The van der Waals surface area contributed by atoms with E-state index >= 15 is 0 Å². The second kappa shape index (κ2) is 9.23. The molecule has 1 aromatic carbocycles. The van der Waals surface area contributed by atoms with Crippen LogP contribution in [0, 0.1) is 5.82 Å². The van der Waals surface area contributed by atoms with Crippen LogP contribution in [0.5, 0.6) is 0 Å². The van der Waals surface area contributed by atoms with Crippen LogP contribution in [0.1, 0.15) is 43.8 Å². The van der Waals surface area contributed by atoms with Crippen molar-refractivity contribution in [1.29, 1.82) is 0 Å². The van der Waals surface area contributed by atoms with Gasteiger partial charge in [0, 0.05) is 25.7 Å². The number of fused-ring (bicyclic) bond motifs is 1. The molecule has 168 valence electrons. The van der Waals surface area contributed by atoms with Crippen LogP contribution in [0.2, 0.25) is 0 Å². The summed E-state index contributed by atoms with van der Waals surface area (Å²) in [7, 11) is 2.98. The van der Waals surface area contributed by atoms with Crippen LogP contribution >= 0.6 is 11.8 Å². The van der Waals surface area contributed by atoms with E-state index < -0.39 is 17.1 Å². The van der Waals surface area contributed by atoms with Gasteiger partial charge in [0.15, 0.2) is 5.65 Å². The van der Waals surface area contributed by atoms with Crippen molar-refractivity contribution in [3.63, 3.8) is 0 Å². The standard InChI is InChI=1S/C22H24FN5O3S/c1-27-19-17(21(30)28(2)22(27)31)20(26-18(25-19)13-7-4-3-5-8-13)32-12-16(29)24-15-10-6-9-14(23)11-15/h6,9-11,13H,3-5,7-8,12H2,1-2H3,(H,24,29). The Labute approximate surface area is 187 Å². The lowest BCUT2D eigenvalue weighted by Gasteiger charge is -2.21. The van der Waals surface area contributed by atoms with E-state index in [-0.39, 0.29) is 28.6 Å². The highest BCUT2D eigenvalue weighted by atomic mass is 32.2. The zero-order valence-electron chi connectivity index (χ0n) is 17.9. The van der Waals surface area contributed by atoms with Gasteiger partial charge in [0.05, 0.1) is 5.75 Å². The predicted octanol–water partition coefficient (Wildman–Crippen LogP) is 2.94. The first kappa shape index (κ1) is 22.2. The summed E-state index contributed by atoms with van der Waals surface area (Å²) in [6.45, 7) is 0. The summed E-state index contributed by atoms with van der Waals surface area (Å²) >= 11 is 1.11. The number of nitrogens with one attached hydrogen (secondary N) is 1. The van der Waals surface area contributed by atoms with Crippen LogP contribution in [0.4, 0.5) is 10.1 Å². The lowest BCUT2D eigenvalue weighted by molar-refractivity contribution is -0.113. The van der Waals surface area contributed by atoms with Gasteiger partial charge >= 0.3 is 5.69 Å². The van der Waals surface area contributed by atoms with Crippen molar-refractivity contribution in [1.82, 2.24) is 19.1 Å². The minimum Gasteiger partial charge on any atom is -0.325 e. The largest absolute Gasteiger partial charge is 0.332 e. The lowest BCUT2D eigenvalue weighted by Crippen LogP contribution is -2.38. The summed E-state index contributed by atoms with van der Waals surface area (Å²) in [5.74, 6) is -0.0630. The maximum absolute atomic E-state index is 13.4. The molecule has 1 fully saturated rings. The minimum absolute atomic E-state index is 0.0290. The van der Waals surface area contributed by atoms with Gasteiger partial charge in [0.1, 0.15) is 22.1 Å². The van der Waals surface area contributed by atoms with E-state index in [1.165, 1.54) is 36.2 Å². The summed E-state index contributed by atoms with van der Waals surface area (Å²) in [5.41, 5.74) is -0.326. The van der Waals surface area contributed by atoms with Crippen molar-refractivity contribution in [2.24, 2.45) is 14.1 Å². The Morgan fingerprint density at radius 1 is 1.16 bits per heavy atom. The highest BCUT2D eigenvalue weighted by Crippen LogP contribution is 2.33. The highest BCUT2D eigenvalue weighted by molar-refractivity contribution is 8.00. The van der Waals surface area contributed by atoms with Gasteiger partial charge in [0.2, 0.25) is 5.91 Å². The molecule has 10 heteroatoms. The normalized spacial score (nSPS) is 14.6. The first-order chi connectivity index (χ1) is 15.3. The number of anilines is 1. The van der Waals surface area contributed by atoms with Gasteiger partial charge in [-0.2, -0.15) is 0 Å². The molecule has 32 heavy (non-hydrogen) atoms. The van der Waals surface area contributed by atoms with Crippen LogP contribution in [0.25, 0.3) is 11.0 Å². The topological polar surface area (TPSA) is 98.9 Å². The average Bonchev–Trinajstić information content (AvgIpc) is 2.80. The van der Waals surface area contributed by atoms with E-state index in [9.17, 15) is 18.8 Å². The smallest absolute Gasteiger partial charge is 0.325 e. The van der Waals surface area contributed by atoms with Gasteiger partial charge in [-0.3, -0.25) is 18.7 Å². The molecule has 0 radical (unpaired) electrons. The molecule has 0 aliphatic heterocycles. The zero-order chi connectivity index (χ0) is 22.8. The lowest BCUT2D eigenvalue weighted by atomic mass is 9.89. The van der Waals surface area contributed by atoms with Crippen LogP contribution in [0.3, 0.4) is 0 Å². The Balaban J connectivity index is 1.70. The van der Waals surface area contributed by atoms with Gasteiger partial charge in [-0.15, -0.1) is 0 Å². The molecule has 4 rings (SSSR count). The molecule has 2 heterocycles. The van der Waals surface area contributed by atoms with Crippen molar-refractivity contribution in [3.05, 3.63) is 56.7 Å². The first-order valence-electron chi connectivity index (χ1n) is 10.5. The molecule has 0 saturated heterocycles. The number of aromatic nitrogens is 4. The van der Waals surface area contributed by atoms with Gasteiger partial charge in [-0.05, 0) is 31.0 Å². The van der Waals surface area contributed by atoms with Crippen LogP contribution in [-0.4, -0.2) is 30.8 Å². The number of halogens is 1. The summed E-state index contributed by atoms with van der Waals surface area (Å²) in [6, 6.07) is 5.63. The number of hydrogen-bond acceptors (Lipinski definition) is 6. The summed E-state index contributed by atoms with van der Waals surface area (Å²) in [4.78, 5) is 47.1.